The summed E-state index contributed by atoms with van der Waals surface area (Å²) in [7, 11) is 0. The van der Waals surface area contributed by atoms with Crippen molar-refractivity contribution in [1.82, 2.24) is 4.90 Å². The van der Waals surface area contributed by atoms with Gasteiger partial charge < -0.3 is 10.5 Å². The van der Waals surface area contributed by atoms with Gasteiger partial charge in [0.1, 0.15) is 24.0 Å². The molecule has 0 spiro atoms. The number of nitrogens with zero attached hydrogens (tertiary/aromatic N) is 1. The number of benzene rings is 2. The zero-order valence-corrected chi connectivity index (χ0v) is 14.9. The second-order valence-electron chi connectivity index (χ2n) is 6.94. The van der Waals surface area contributed by atoms with Crippen LogP contribution in [0.15, 0.2) is 48.5 Å². The summed E-state index contributed by atoms with van der Waals surface area (Å²) >= 11 is 0. The lowest BCUT2D eigenvalue weighted by molar-refractivity contribution is 0.168. The van der Waals surface area contributed by atoms with Gasteiger partial charge in [-0.25, -0.2) is 8.78 Å². The fraction of sp³-hybridized carbons (Fsp3) is 0.429. The van der Waals surface area contributed by atoms with Crippen LogP contribution in [0.1, 0.15) is 24.8 Å². The lowest BCUT2D eigenvalue weighted by Crippen LogP contribution is -2.38. The van der Waals surface area contributed by atoms with Gasteiger partial charge >= 0.3 is 0 Å². The van der Waals surface area contributed by atoms with Crippen LogP contribution >= 0.6 is 0 Å². The Morgan fingerprint density at radius 1 is 1.15 bits per heavy atom. The van der Waals surface area contributed by atoms with Crippen LogP contribution in [0.5, 0.6) is 5.75 Å². The lowest BCUT2D eigenvalue weighted by atomic mass is 10.0. The van der Waals surface area contributed by atoms with E-state index in [1.54, 1.807) is 24.3 Å². The molecule has 3 nitrogen and oxygen atoms in total. The van der Waals surface area contributed by atoms with Gasteiger partial charge in [-0.2, -0.15) is 0 Å². The monoisotopic (exact) mass is 360 g/mol. The summed E-state index contributed by atoms with van der Waals surface area (Å²) in [4.78, 5) is 2.38. The van der Waals surface area contributed by atoms with Gasteiger partial charge in [-0.05, 0) is 56.0 Å². The van der Waals surface area contributed by atoms with Gasteiger partial charge in [0.2, 0.25) is 0 Å². The molecule has 2 atom stereocenters. The Bertz CT molecular complexity index is 710. The molecule has 0 radical (unpaired) electrons. The van der Waals surface area contributed by atoms with E-state index in [9.17, 15) is 8.78 Å². The van der Waals surface area contributed by atoms with Crippen molar-refractivity contribution in [3.8, 4) is 5.75 Å². The summed E-state index contributed by atoms with van der Waals surface area (Å²) in [6.07, 6.45) is 3.55. The van der Waals surface area contributed by atoms with Crippen LogP contribution < -0.4 is 10.5 Å². The van der Waals surface area contributed by atoms with E-state index in [2.05, 4.69) is 4.90 Å². The third-order valence-corrected chi connectivity index (χ3v) is 4.96. The highest BCUT2D eigenvalue weighted by molar-refractivity contribution is 5.22. The molecule has 5 heteroatoms. The molecule has 0 saturated carbocycles. The largest absolute Gasteiger partial charge is 0.492 e. The molecule has 26 heavy (non-hydrogen) atoms. The Labute approximate surface area is 153 Å². The first-order chi connectivity index (χ1) is 12.6. The summed E-state index contributed by atoms with van der Waals surface area (Å²) in [5.74, 6) is 0.0866. The Balaban J connectivity index is 1.45. The first-order valence-corrected chi connectivity index (χ1v) is 9.23. The van der Waals surface area contributed by atoms with Crippen molar-refractivity contribution in [2.75, 3.05) is 19.7 Å². The predicted octanol–water partition coefficient (Wildman–Crippen LogP) is 3.77. The van der Waals surface area contributed by atoms with E-state index in [0.717, 1.165) is 32.4 Å². The second kappa shape index (κ2) is 9.10. The number of nitrogens with two attached hydrogens (primary N) is 1. The fourth-order valence-electron chi connectivity index (χ4n) is 3.51. The fourth-order valence-corrected chi connectivity index (χ4v) is 3.51. The van der Waals surface area contributed by atoms with E-state index in [-0.39, 0.29) is 17.7 Å². The van der Waals surface area contributed by atoms with Crippen molar-refractivity contribution >= 4 is 0 Å². The quantitative estimate of drug-likeness (QED) is 0.779. The van der Waals surface area contributed by atoms with Crippen molar-refractivity contribution < 1.29 is 13.5 Å². The summed E-state index contributed by atoms with van der Waals surface area (Å²) in [5.41, 5.74) is 6.89. The molecule has 3 rings (SSSR count). The van der Waals surface area contributed by atoms with E-state index in [4.69, 9.17) is 10.5 Å². The highest BCUT2D eigenvalue weighted by atomic mass is 19.1. The van der Waals surface area contributed by atoms with E-state index < -0.39 is 0 Å². The smallest absolute Gasteiger partial charge is 0.126 e. The first kappa shape index (κ1) is 18.8. The van der Waals surface area contributed by atoms with Gasteiger partial charge in [-0.1, -0.05) is 24.3 Å². The summed E-state index contributed by atoms with van der Waals surface area (Å²) in [5, 5.41) is 0. The van der Waals surface area contributed by atoms with Crippen LogP contribution in [0.3, 0.4) is 0 Å². The van der Waals surface area contributed by atoms with Gasteiger partial charge in [0.25, 0.3) is 0 Å². The summed E-state index contributed by atoms with van der Waals surface area (Å²) in [6.45, 7) is 2.43. The first-order valence-electron chi connectivity index (χ1n) is 9.23. The number of ether oxygens (including phenoxy) is 1. The molecule has 2 aromatic carbocycles. The molecule has 0 unspecified atom stereocenters. The van der Waals surface area contributed by atoms with Gasteiger partial charge in [0, 0.05) is 24.7 Å². The van der Waals surface area contributed by atoms with Crippen molar-refractivity contribution in [2.24, 2.45) is 5.73 Å². The molecule has 0 amide bonds. The van der Waals surface area contributed by atoms with Crippen molar-refractivity contribution in [1.29, 1.82) is 0 Å². The van der Waals surface area contributed by atoms with Crippen LogP contribution in [0.2, 0.25) is 0 Å². The normalized spacial score (nSPS) is 18.8. The zero-order chi connectivity index (χ0) is 18.4. The Morgan fingerprint density at radius 2 is 2.00 bits per heavy atom. The van der Waals surface area contributed by atoms with Crippen LogP contribution in [-0.4, -0.2) is 36.7 Å². The van der Waals surface area contributed by atoms with Gasteiger partial charge in [0.05, 0.1) is 0 Å². The van der Waals surface area contributed by atoms with E-state index in [1.165, 1.54) is 18.2 Å². The molecule has 140 valence electrons. The molecule has 1 saturated heterocycles. The molecule has 1 aliphatic rings. The minimum Gasteiger partial charge on any atom is -0.492 e. The Hall–Kier alpha value is -1.98. The minimum absolute atomic E-state index is 0.0720. The van der Waals surface area contributed by atoms with Crippen LogP contribution in [0.4, 0.5) is 8.78 Å². The third kappa shape index (κ3) is 5.26. The molecule has 0 bridgehead atoms. The van der Waals surface area contributed by atoms with Crippen molar-refractivity contribution in [2.45, 2.75) is 37.8 Å². The minimum atomic E-state index is -0.287. The molecular weight excluding hydrogens is 334 g/mol. The number of hydrogen-bond donors (Lipinski definition) is 1. The van der Waals surface area contributed by atoms with E-state index in [0.29, 0.717) is 30.4 Å². The van der Waals surface area contributed by atoms with E-state index in [1.807, 2.05) is 6.07 Å². The maximum Gasteiger partial charge on any atom is 0.126 e. The Kier molecular flexibility index (Phi) is 6.58. The van der Waals surface area contributed by atoms with Crippen LogP contribution in [0, 0.1) is 11.6 Å². The highest BCUT2D eigenvalue weighted by Crippen LogP contribution is 2.20. The van der Waals surface area contributed by atoms with Gasteiger partial charge in [0.15, 0.2) is 0 Å². The molecule has 0 aromatic heterocycles. The SMILES string of the molecule is N[C@@H](CCN1CCC[C@H]1COc1cccc(F)c1)Cc1ccccc1F. The Morgan fingerprint density at radius 3 is 2.81 bits per heavy atom. The maximum absolute atomic E-state index is 13.7. The lowest BCUT2D eigenvalue weighted by Gasteiger charge is -2.26. The summed E-state index contributed by atoms with van der Waals surface area (Å²) < 4.78 is 32.7. The summed E-state index contributed by atoms with van der Waals surface area (Å²) in [6, 6.07) is 13.3. The van der Waals surface area contributed by atoms with Gasteiger partial charge in [-0.15, -0.1) is 0 Å². The number of halogens is 2. The predicted molar refractivity (Wildman–Crippen MR) is 99.2 cm³/mol. The standard InChI is InChI=1S/C21H26F2N2O/c22-17-6-3-8-20(14-17)26-15-19-7-4-11-25(19)12-10-18(24)13-16-5-1-2-9-21(16)23/h1-3,5-6,8-9,14,18-19H,4,7,10-13,15,24H2/t18-,19-/m0/s1. The number of likely N-dealkylation sites (tertiary alicyclic amines) is 1. The van der Waals surface area contributed by atoms with Crippen molar-refractivity contribution in [3.63, 3.8) is 0 Å². The molecule has 1 heterocycles. The number of rotatable bonds is 8. The number of hydrogen-bond acceptors (Lipinski definition) is 3. The van der Waals surface area contributed by atoms with Gasteiger partial charge in [-0.3, -0.25) is 4.90 Å². The molecule has 2 aromatic rings. The third-order valence-electron chi connectivity index (χ3n) is 4.96. The van der Waals surface area contributed by atoms with E-state index >= 15 is 0 Å². The van der Waals surface area contributed by atoms with Crippen LogP contribution in [-0.2, 0) is 6.42 Å². The highest BCUT2D eigenvalue weighted by Gasteiger charge is 2.25. The average molecular weight is 360 g/mol. The average Bonchev–Trinajstić information content (AvgIpc) is 3.08. The topological polar surface area (TPSA) is 38.5 Å². The second-order valence-corrected chi connectivity index (χ2v) is 6.94. The zero-order valence-electron chi connectivity index (χ0n) is 14.9. The molecule has 0 aliphatic carbocycles. The van der Waals surface area contributed by atoms with Crippen molar-refractivity contribution in [3.05, 3.63) is 65.7 Å². The van der Waals surface area contributed by atoms with Crippen LogP contribution in [0.25, 0.3) is 0 Å². The molecular formula is C21H26F2N2O. The molecule has 1 fully saturated rings. The maximum atomic E-state index is 13.7. The molecule has 1 aliphatic heterocycles. The molecule has 2 N–H and O–H groups in total.